The van der Waals surface area contributed by atoms with E-state index in [1.54, 1.807) is 37.4 Å². The molecule has 176 valence electrons. The van der Waals surface area contributed by atoms with Gasteiger partial charge in [-0.05, 0) is 55.7 Å². The fraction of sp³-hybridized carbons (Fsp3) is 0.400. The minimum atomic E-state index is -0.330. The van der Waals surface area contributed by atoms with E-state index in [0.29, 0.717) is 16.3 Å². The van der Waals surface area contributed by atoms with Gasteiger partial charge in [0.15, 0.2) is 0 Å². The number of hydrogen-bond acceptors (Lipinski definition) is 4. The van der Waals surface area contributed by atoms with E-state index in [1.807, 2.05) is 19.1 Å². The summed E-state index contributed by atoms with van der Waals surface area (Å²) in [6.45, 7) is 1.83. The molecule has 33 heavy (non-hydrogen) atoms. The molecule has 0 aromatic heterocycles. The summed E-state index contributed by atoms with van der Waals surface area (Å²) in [5.74, 6) is -0.622. The Morgan fingerprint density at radius 1 is 1.03 bits per heavy atom. The van der Waals surface area contributed by atoms with E-state index in [4.69, 9.17) is 11.6 Å². The zero-order valence-corrected chi connectivity index (χ0v) is 19.9. The molecule has 3 amide bonds. The largest absolute Gasteiger partial charge is 0.376 e. The van der Waals surface area contributed by atoms with E-state index < -0.39 is 0 Å². The Balaban J connectivity index is 1.48. The molecule has 3 rings (SSSR count). The monoisotopic (exact) mass is 470 g/mol. The van der Waals surface area contributed by atoms with Crippen molar-refractivity contribution in [2.45, 2.75) is 45.1 Å². The molecule has 1 saturated carbocycles. The summed E-state index contributed by atoms with van der Waals surface area (Å²) < 4.78 is 0. The summed E-state index contributed by atoms with van der Waals surface area (Å²) in [6, 6.07) is 12.6. The molecular weight excluding hydrogens is 440 g/mol. The average molecular weight is 471 g/mol. The topological polar surface area (TPSA) is 90.5 Å². The van der Waals surface area contributed by atoms with Gasteiger partial charge in [0.1, 0.15) is 0 Å². The number of hydrogen-bond donors (Lipinski definition) is 3. The molecule has 0 atom stereocenters. The first-order chi connectivity index (χ1) is 15.8. The number of rotatable bonds is 8. The summed E-state index contributed by atoms with van der Waals surface area (Å²) in [5.41, 5.74) is 2.76. The van der Waals surface area contributed by atoms with E-state index >= 15 is 0 Å². The van der Waals surface area contributed by atoms with E-state index in [0.717, 1.165) is 36.9 Å². The average Bonchev–Trinajstić information content (AvgIpc) is 2.80. The normalized spacial score (nSPS) is 13.8. The maximum atomic E-state index is 12.5. The molecule has 8 heteroatoms. The van der Waals surface area contributed by atoms with Gasteiger partial charge in [-0.15, -0.1) is 0 Å². The molecule has 2 aromatic rings. The Bertz CT molecular complexity index is 1000. The van der Waals surface area contributed by atoms with Gasteiger partial charge in [-0.1, -0.05) is 43.0 Å². The molecule has 0 aliphatic heterocycles. The second-order valence-electron chi connectivity index (χ2n) is 8.47. The third kappa shape index (κ3) is 7.22. The van der Waals surface area contributed by atoms with Gasteiger partial charge in [0, 0.05) is 24.3 Å². The van der Waals surface area contributed by atoms with Gasteiger partial charge < -0.3 is 20.9 Å². The summed E-state index contributed by atoms with van der Waals surface area (Å²) in [6.07, 6.45) is 5.65. The van der Waals surface area contributed by atoms with Crippen molar-refractivity contribution in [3.63, 3.8) is 0 Å². The van der Waals surface area contributed by atoms with Crippen molar-refractivity contribution in [1.29, 1.82) is 0 Å². The van der Waals surface area contributed by atoms with Crippen molar-refractivity contribution in [1.82, 2.24) is 10.2 Å². The van der Waals surface area contributed by atoms with Gasteiger partial charge in [0.2, 0.25) is 11.8 Å². The molecular formula is C25H31ClN4O3. The SMILES string of the molecule is Cc1cc(C(=O)NC2CCCCC2)ccc1NCC(=O)N(C)CC(=O)Nc1ccccc1Cl. The number of likely N-dealkylation sites (N-methyl/N-ethyl adjacent to an activating group) is 1. The molecule has 2 aromatic carbocycles. The highest BCUT2D eigenvalue weighted by atomic mass is 35.5. The van der Waals surface area contributed by atoms with E-state index in [-0.39, 0.29) is 36.9 Å². The lowest BCUT2D eigenvalue weighted by atomic mass is 9.95. The molecule has 0 spiro atoms. The Morgan fingerprint density at radius 3 is 2.45 bits per heavy atom. The van der Waals surface area contributed by atoms with Crippen molar-refractivity contribution in [2.24, 2.45) is 0 Å². The Labute approximate surface area is 199 Å². The molecule has 1 aliphatic rings. The van der Waals surface area contributed by atoms with Gasteiger partial charge in [-0.3, -0.25) is 14.4 Å². The first kappa shape index (κ1) is 24.6. The summed E-state index contributed by atoms with van der Waals surface area (Å²) >= 11 is 6.05. The van der Waals surface area contributed by atoms with Crippen molar-refractivity contribution in [2.75, 3.05) is 30.8 Å². The fourth-order valence-corrected chi connectivity index (χ4v) is 4.06. The quantitative estimate of drug-likeness (QED) is 0.538. The highest BCUT2D eigenvalue weighted by Crippen LogP contribution is 2.21. The second-order valence-corrected chi connectivity index (χ2v) is 8.88. The molecule has 0 heterocycles. The standard InChI is InChI=1S/C25H31ClN4O3/c1-17-14-18(25(33)28-19-8-4-3-5-9-19)12-13-21(17)27-15-24(32)30(2)16-23(31)29-22-11-7-6-10-20(22)26/h6-7,10-14,19,27H,3-5,8-9,15-16H2,1-2H3,(H,28,33)(H,29,31). The van der Waals surface area contributed by atoms with Crippen molar-refractivity contribution in [3.05, 3.63) is 58.6 Å². The molecule has 7 nitrogen and oxygen atoms in total. The molecule has 0 unspecified atom stereocenters. The number of aryl methyl sites for hydroxylation is 1. The third-order valence-electron chi connectivity index (χ3n) is 5.81. The van der Waals surface area contributed by atoms with Crippen molar-refractivity contribution in [3.8, 4) is 0 Å². The number of nitrogens with one attached hydrogen (secondary N) is 3. The van der Waals surface area contributed by atoms with Gasteiger partial charge in [-0.25, -0.2) is 0 Å². The minimum Gasteiger partial charge on any atom is -0.376 e. The smallest absolute Gasteiger partial charge is 0.251 e. The van der Waals surface area contributed by atoms with Crippen LogP contribution in [0.5, 0.6) is 0 Å². The number of amides is 3. The number of halogens is 1. The third-order valence-corrected chi connectivity index (χ3v) is 6.14. The zero-order chi connectivity index (χ0) is 23.8. The molecule has 0 radical (unpaired) electrons. The number of carbonyl (C=O) groups excluding carboxylic acids is 3. The van der Waals surface area contributed by atoms with Crippen molar-refractivity contribution < 1.29 is 14.4 Å². The first-order valence-electron chi connectivity index (χ1n) is 11.3. The highest BCUT2D eigenvalue weighted by molar-refractivity contribution is 6.33. The van der Waals surface area contributed by atoms with E-state index in [1.165, 1.54) is 11.3 Å². The van der Waals surface area contributed by atoms with Gasteiger partial charge in [0.05, 0.1) is 23.8 Å². The predicted molar refractivity (Wildman–Crippen MR) is 132 cm³/mol. The van der Waals surface area contributed by atoms with Crippen LogP contribution in [-0.4, -0.2) is 48.8 Å². The number of nitrogens with zero attached hydrogens (tertiary/aromatic N) is 1. The van der Waals surface area contributed by atoms with Crippen LogP contribution in [0.1, 0.15) is 48.0 Å². The maximum absolute atomic E-state index is 12.5. The van der Waals surface area contributed by atoms with Crippen LogP contribution in [0.25, 0.3) is 0 Å². The Kier molecular flexibility index (Phi) is 8.72. The predicted octanol–water partition coefficient (Wildman–Crippen LogP) is 4.22. The molecule has 0 bridgehead atoms. The maximum Gasteiger partial charge on any atom is 0.251 e. The number of carbonyl (C=O) groups is 3. The van der Waals surface area contributed by atoms with Gasteiger partial charge in [-0.2, -0.15) is 0 Å². The molecule has 3 N–H and O–H groups in total. The van der Waals surface area contributed by atoms with Crippen LogP contribution in [0, 0.1) is 6.92 Å². The summed E-state index contributed by atoms with van der Waals surface area (Å²) in [7, 11) is 1.57. The molecule has 1 fully saturated rings. The van der Waals surface area contributed by atoms with Crippen LogP contribution in [0.15, 0.2) is 42.5 Å². The fourth-order valence-electron chi connectivity index (χ4n) is 3.88. The van der Waals surface area contributed by atoms with E-state index in [9.17, 15) is 14.4 Å². The van der Waals surface area contributed by atoms with Crippen molar-refractivity contribution >= 4 is 40.7 Å². The van der Waals surface area contributed by atoms with Gasteiger partial charge >= 0.3 is 0 Å². The number of para-hydroxylation sites is 1. The van der Waals surface area contributed by atoms with Crippen LogP contribution < -0.4 is 16.0 Å². The summed E-state index contributed by atoms with van der Waals surface area (Å²) in [4.78, 5) is 38.6. The van der Waals surface area contributed by atoms with Crippen LogP contribution >= 0.6 is 11.6 Å². The van der Waals surface area contributed by atoms with Crippen LogP contribution in [0.4, 0.5) is 11.4 Å². The van der Waals surface area contributed by atoms with Gasteiger partial charge in [0.25, 0.3) is 5.91 Å². The molecule has 1 aliphatic carbocycles. The molecule has 0 saturated heterocycles. The van der Waals surface area contributed by atoms with Crippen LogP contribution in [-0.2, 0) is 9.59 Å². The lowest BCUT2D eigenvalue weighted by Gasteiger charge is -2.23. The Morgan fingerprint density at radius 2 is 1.76 bits per heavy atom. The Hall–Kier alpha value is -3.06. The summed E-state index contributed by atoms with van der Waals surface area (Å²) in [5, 5.41) is 9.36. The highest BCUT2D eigenvalue weighted by Gasteiger charge is 2.18. The lowest BCUT2D eigenvalue weighted by molar-refractivity contribution is -0.131. The van der Waals surface area contributed by atoms with E-state index in [2.05, 4.69) is 16.0 Å². The zero-order valence-electron chi connectivity index (χ0n) is 19.1. The van der Waals surface area contributed by atoms with Crippen LogP contribution in [0.2, 0.25) is 5.02 Å². The minimum absolute atomic E-state index is 0.0321. The first-order valence-corrected chi connectivity index (χ1v) is 11.6. The lowest BCUT2D eigenvalue weighted by Crippen LogP contribution is -2.38. The number of anilines is 2. The second kappa shape index (κ2) is 11.7. The number of benzene rings is 2. The van der Waals surface area contributed by atoms with Crippen LogP contribution in [0.3, 0.4) is 0 Å².